The molecule has 0 heterocycles. The number of sulfone groups is 1. The Labute approximate surface area is 116 Å². The van der Waals surface area contributed by atoms with Crippen LogP contribution in [0.15, 0.2) is 24.3 Å². The van der Waals surface area contributed by atoms with Crippen molar-refractivity contribution in [2.24, 2.45) is 0 Å². The fraction of sp³-hybridized carbons (Fsp3) is 0.417. The molecule has 0 amide bonds. The molecule has 100 valence electrons. The number of Topliss-reactive ketones (excluding diaryl/α,β-unsaturated/α-hetero) is 1. The fourth-order valence-electron chi connectivity index (χ4n) is 1.65. The van der Waals surface area contributed by atoms with Crippen molar-refractivity contribution in [3.63, 3.8) is 0 Å². The lowest BCUT2D eigenvalue weighted by atomic mass is 10.1. The molecule has 0 unspecified atom stereocenters. The second kappa shape index (κ2) is 5.40. The summed E-state index contributed by atoms with van der Waals surface area (Å²) in [6, 6.07) is 6.33. The molecule has 6 heteroatoms. The quantitative estimate of drug-likeness (QED) is 0.509. The van der Waals surface area contributed by atoms with E-state index < -0.39 is 19.3 Å². The van der Waals surface area contributed by atoms with Crippen LogP contribution in [-0.4, -0.2) is 23.6 Å². The Balaban J connectivity index is 3.31. The van der Waals surface area contributed by atoms with Crippen LogP contribution >= 0.6 is 15.9 Å². The lowest BCUT2D eigenvalue weighted by molar-refractivity contribution is 0.0976. The van der Waals surface area contributed by atoms with Crippen LogP contribution in [0.2, 0.25) is 0 Å². The number of carbonyl (C=O) groups is 1. The van der Waals surface area contributed by atoms with Gasteiger partial charge in [0.05, 0.1) is 0 Å². The van der Waals surface area contributed by atoms with Crippen LogP contribution in [-0.2, 0) is 9.84 Å². The van der Waals surface area contributed by atoms with E-state index in [0.717, 1.165) is 0 Å². The topological polar surface area (TPSA) is 77.2 Å². The monoisotopic (exact) mass is 333 g/mol. The second-order valence-corrected chi connectivity index (χ2v) is 8.32. The Morgan fingerprint density at radius 1 is 1.39 bits per heavy atom. The summed E-state index contributed by atoms with van der Waals surface area (Å²) in [4.78, 5) is 12.4. The zero-order chi connectivity index (χ0) is 14.0. The molecule has 0 aliphatic carbocycles. The zero-order valence-electron chi connectivity index (χ0n) is 10.3. The first-order chi connectivity index (χ1) is 8.28. The predicted molar refractivity (Wildman–Crippen MR) is 76.6 cm³/mol. The van der Waals surface area contributed by atoms with Gasteiger partial charge in [0.25, 0.3) is 0 Å². The van der Waals surface area contributed by atoms with Crippen LogP contribution in [0.5, 0.6) is 0 Å². The number of hydrogen-bond donors (Lipinski definition) is 1. The lowest BCUT2D eigenvalue weighted by Crippen LogP contribution is -2.41. The lowest BCUT2D eigenvalue weighted by Gasteiger charge is -2.24. The highest BCUT2D eigenvalue weighted by Gasteiger charge is 2.45. The van der Waals surface area contributed by atoms with Crippen molar-refractivity contribution in [3.8, 4) is 0 Å². The number of ketones is 1. The number of alkyl halides is 1. The minimum atomic E-state index is -3.54. The van der Waals surface area contributed by atoms with E-state index >= 15 is 0 Å². The van der Waals surface area contributed by atoms with Crippen LogP contribution in [0.3, 0.4) is 0 Å². The summed E-state index contributed by atoms with van der Waals surface area (Å²) in [7, 11) is -3.54. The minimum absolute atomic E-state index is 0.0971. The summed E-state index contributed by atoms with van der Waals surface area (Å²) in [5.41, 5.74) is 6.33. The number of anilines is 1. The average molecular weight is 334 g/mol. The van der Waals surface area contributed by atoms with Crippen molar-refractivity contribution in [3.05, 3.63) is 29.8 Å². The fourth-order valence-corrected chi connectivity index (χ4v) is 3.86. The first-order valence-electron chi connectivity index (χ1n) is 5.60. The number of nitrogen functional groups attached to an aromatic ring is 1. The van der Waals surface area contributed by atoms with Crippen LogP contribution in [0.25, 0.3) is 0 Å². The van der Waals surface area contributed by atoms with Gasteiger partial charge in [-0.25, -0.2) is 8.42 Å². The van der Waals surface area contributed by atoms with Gasteiger partial charge in [0.2, 0.25) is 0 Å². The van der Waals surface area contributed by atoms with Gasteiger partial charge in [-0.3, -0.25) is 4.79 Å². The summed E-state index contributed by atoms with van der Waals surface area (Å²) in [6.07, 6.45) is 0.163. The van der Waals surface area contributed by atoms with Crippen LogP contribution in [0.4, 0.5) is 5.69 Å². The molecule has 2 N–H and O–H groups in total. The highest BCUT2D eigenvalue weighted by Crippen LogP contribution is 2.34. The van der Waals surface area contributed by atoms with Gasteiger partial charge in [0, 0.05) is 17.0 Å². The molecule has 0 bridgehead atoms. The van der Waals surface area contributed by atoms with E-state index in [9.17, 15) is 13.2 Å². The molecular formula is C12H16BrNO3S. The van der Waals surface area contributed by atoms with Gasteiger partial charge in [0.15, 0.2) is 19.3 Å². The maximum atomic E-state index is 12.4. The van der Waals surface area contributed by atoms with E-state index in [1.165, 1.54) is 13.0 Å². The largest absolute Gasteiger partial charge is 0.399 e. The maximum absolute atomic E-state index is 12.4. The Bertz CT molecular complexity index is 556. The molecule has 4 nitrogen and oxygen atoms in total. The third kappa shape index (κ3) is 2.59. The van der Waals surface area contributed by atoms with E-state index in [1.54, 1.807) is 25.1 Å². The van der Waals surface area contributed by atoms with Gasteiger partial charge in [-0.05, 0) is 18.6 Å². The zero-order valence-corrected chi connectivity index (χ0v) is 12.7. The Morgan fingerprint density at radius 2 is 2.00 bits per heavy atom. The molecule has 1 aromatic rings. The molecule has 0 spiro atoms. The van der Waals surface area contributed by atoms with Crippen molar-refractivity contribution < 1.29 is 13.2 Å². The summed E-state index contributed by atoms with van der Waals surface area (Å²) in [5, 5.41) is 0. The molecule has 1 rings (SSSR count). The molecule has 0 aromatic heterocycles. The van der Waals surface area contributed by atoms with Crippen molar-refractivity contribution in [1.29, 1.82) is 0 Å². The van der Waals surface area contributed by atoms with Gasteiger partial charge in [-0.2, -0.15) is 0 Å². The highest BCUT2D eigenvalue weighted by molar-refractivity contribution is 9.12. The molecular weight excluding hydrogens is 318 g/mol. The predicted octanol–water partition coefficient (Wildman–Crippen LogP) is 2.39. The van der Waals surface area contributed by atoms with E-state index in [-0.39, 0.29) is 12.2 Å². The van der Waals surface area contributed by atoms with Gasteiger partial charge < -0.3 is 5.73 Å². The van der Waals surface area contributed by atoms with Crippen molar-refractivity contribution in [2.45, 2.75) is 23.9 Å². The van der Waals surface area contributed by atoms with Crippen molar-refractivity contribution >= 4 is 37.2 Å². The Kier molecular flexibility index (Phi) is 4.55. The molecule has 18 heavy (non-hydrogen) atoms. The first kappa shape index (κ1) is 15.2. The normalized spacial score (nSPS) is 15.1. The third-order valence-corrected chi connectivity index (χ3v) is 7.44. The summed E-state index contributed by atoms with van der Waals surface area (Å²) < 4.78 is 22.5. The van der Waals surface area contributed by atoms with E-state index in [1.807, 2.05) is 0 Å². The third-order valence-electron chi connectivity index (χ3n) is 2.82. The van der Waals surface area contributed by atoms with Gasteiger partial charge in [-0.1, -0.05) is 41.9 Å². The first-order valence-corrected chi connectivity index (χ1v) is 8.04. The number of benzene rings is 1. The number of rotatable bonds is 5. The number of hydrogen-bond acceptors (Lipinski definition) is 4. The molecule has 1 aromatic carbocycles. The van der Waals surface area contributed by atoms with E-state index in [2.05, 4.69) is 15.9 Å². The molecule has 0 radical (unpaired) electrons. The Hall–Kier alpha value is -0.880. The standard InChI is InChI=1S/C12H16BrNO3S/c1-3-12(13,18(16,17)4-2)11(15)9-6-5-7-10(14)8-9/h5-8H,3-4,14H2,1-2H3/t12-/m1/s1. The van der Waals surface area contributed by atoms with Gasteiger partial charge >= 0.3 is 0 Å². The number of nitrogens with two attached hydrogens (primary N) is 1. The molecule has 1 atom stereocenters. The summed E-state index contributed by atoms with van der Waals surface area (Å²) in [5.74, 6) is -0.570. The number of halogens is 1. The van der Waals surface area contributed by atoms with E-state index in [0.29, 0.717) is 11.3 Å². The molecule has 0 saturated heterocycles. The molecule has 0 aliphatic heterocycles. The number of carbonyl (C=O) groups excluding carboxylic acids is 1. The Morgan fingerprint density at radius 3 is 2.44 bits per heavy atom. The second-order valence-electron chi connectivity index (χ2n) is 3.94. The SMILES string of the molecule is CC[C@](Br)(C(=O)c1cccc(N)c1)S(=O)(=O)CC. The minimum Gasteiger partial charge on any atom is -0.399 e. The average Bonchev–Trinajstić information content (AvgIpc) is 2.36. The smallest absolute Gasteiger partial charge is 0.194 e. The highest BCUT2D eigenvalue weighted by atomic mass is 79.9. The molecule has 0 aliphatic rings. The summed E-state index contributed by atoms with van der Waals surface area (Å²) in [6.45, 7) is 3.18. The van der Waals surface area contributed by atoms with Gasteiger partial charge in [-0.15, -0.1) is 0 Å². The van der Waals surface area contributed by atoms with E-state index in [4.69, 9.17) is 5.73 Å². The van der Waals surface area contributed by atoms with Crippen LogP contribution in [0.1, 0.15) is 30.6 Å². The molecule has 0 fully saturated rings. The maximum Gasteiger partial charge on any atom is 0.194 e. The van der Waals surface area contributed by atoms with Crippen LogP contribution in [0, 0.1) is 0 Å². The van der Waals surface area contributed by atoms with Crippen molar-refractivity contribution in [1.82, 2.24) is 0 Å². The van der Waals surface area contributed by atoms with Crippen molar-refractivity contribution in [2.75, 3.05) is 11.5 Å². The molecule has 0 saturated carbocycles. The van der Waals surface area contributed by atoms with Crippen LogP contribution < -0.4 is 5.73 Å². The van der Waals surface area contributed by atoms with Gasteiger partial charge in [0.1, 0.15) is 0 Å². The summed E-state index contributed by atoms with van der Waals surface area (Å²) >= 11 is 3.11.